The lowest BCUT2D eigenvalue weighted by atomic mass is 10.2. The summed E-state index contributed by atoms with van der Waals surface area (Å²) in [6.07, 6.45) is 3.52. The average Bonchev–Trinajstić information content (AvgIpc) is 2.43. The molecule has 0 amide bonds. The maximum atomic E-state index is 6.12. The highest BCUT2D eigenvalue weighted by Crippen LogP contribution is 2.28. The molecule has 0 aliphatic carbocycles. The summed E-state index contributed by atoms with van der Waals surface area (Å²) in [5.41, 5.74) is 2.11. The molecular formula is C16H20ClN3O. The molecule has 0 aliphatic heterocycles. The lowest BCUT2D eigenvalue weighted by molar-refractivity contribution is 0.440. The molecule has 0 bridgehead atoms. The van der Waals surface area contributed by atoms with Gasteiger partial charge in [-0.3, -0.25) is 0 Å². The van der Waals surface area contributed by atoms with E-state index < -0.39 is 0 Å². The Balaban J connectivity index is 1.95. The molecule has 1 aromatic carbocycles. The third-order valence-electron chi connectivity index (χ3n) is 2.85. The monoisotopic (exact) mass is 305 g/mol. The molecule has 0 aliphatic rings. The number of ether oxygens (including phenoxy) is 1. The number of aromatic nitrogens is 2. The van der Waals surface area contributed by atoms with Crippen LogP contribution in [0.4, 0.5) is 0 Å². The van der Waals surface area contributed by atoms with Crippen LogP contribution in [0.5, 0.6) is 11.8 Å². The van der Waals surface area contributed by atoms with Crippen molar-refractivity contribution in [2.24, 2.45) is 5.92 Å². The molecule has 0 fully saturated rings. The van der Waals surface area contributed by atoms with Crippen molar-refractivity contribution in [3.8, 4) is 11.8 Å². The normalized spacial score (nSPS) is 10.9. The minimum absolute atomic E-state index is 0.299. The third-order valence-corrected chi connectivity index (χ3v) is 3.15. The van der Waals surface area contributed by atoms with E-state index in [9.17, 15) is 0 Å². The van der Waals surface area contributed by atoms with Crippen molar-refractivity contribution in [2.45, 2.75) is 27.3 Å². The van der Waals surface area contributed by atoms with E-state index in [1.54, 1.807) is 12.4 Å². The summed E-state index contributed by atoms with van der Waals surface area (Å²) in [7, 11) is 0. The molecule has 4 nitrogen and oxygen atoms in total. The van der Waals surface area contributed by atoms with Crippen molar-refractivity contribution >= 4 is 11.6 Å². The fourth-order valence-electron chi connectivity index (χ4n) is 1.78. The zero-order valence-corrected chi connectivity index (χ0v) is 13.3. The topological polar surface area (TPSA) is 47.0 Å². The van der Waals surface area contributed by atoms with Crippen molar-refractivity contribution in [3.05, 3.63) is 46.7 Å². The molecule has 0 unspecified atom stereocenters. The Hall–Kier alpha value is -1.65. The lowest BCUT2D eigenvalue weighted by Crippen LogP contribution is -2.19. The Labute approximate surface area is 130 Å². The van der Waals surface area contributed by atoms with Gasteiger partial charge in [0.1, 0.15) is 5.75 Å². The highest BCUT2D eigenvalue weighted by atomic mass is 35.5. The molecule has 2 rings (SSSR count). The zero-order valence-electron chi connectivity index (χ0n) is 12.6. The van der Waals surface area contributed by atoms with Crippen LogP contribution in [-0.4, -0.2) is 16.5 Å². The number of hydrogen-bond acceptors (Lipinski definition) is 4. The molecule has 0 saturated heterocycles. The van der Waals surface area contributed by atoms with Gasteiger partial charge in [-0.05, 0) is 37.1 Å². The van der Waals surface area contributed by atoms with E-state index in [-0.39, 0.29) is 0 Å². The predicted molar refractivity (Wildman–Crippen MR) is 84.8 cm³/mol. The number of aryl methyl sites for hydroxylation is 1. The SMILES string of the molecule is Cc1ccc(Oc2ncc(CNCC(C)C)cn2)c(Cl)c1. The molecule has 1 aromatic heterocycles. The number of halogens is 1. The number of benzene rings is 1. The third kappa shape index (κ3) is 4.99. The van der Waals surface area contributed by atoms with Gasteiger partial charge in [-0.25, -0.2) is 9.97 Å². The fraction of sp³-hybridized carbons (Fsp3) is 0.375. The van der Waals surface area contributed by atoms with E-state index in [0.717, 1.165) is 24.2 Å². The Bertz CT molecular complexity index is 585. The minimum atomic E-state index is 0.299. The van der Waals surface area contributed by atoms with Gasteiger partial charge in [0, 0.05) is 24.5 Å². The van der Waals surface area contributed by atoms with E-state index in [2.05, 4.69) is 29.1 Å². The summed E-state index contributed by atoms with van der Waals surface area (Å²) in [4.78, 5) is 8.41. The van der Waals surface area contributed by atoms with E-state index in [1.165, 1.54) is 0 Å². The maximum Gasteiger partial charge on any atom is 0.321 e. The summed E-state index contributed by atoms with van der Waals surface area (Å²) in [5, 5.41) is 3.90. The molecule has 1 N–H and O–H groups in total. The molecule has 0 spiro atoms. The number of nitrogens with one attached hydrogen (secondary N) is 1. The van der Waals surface area contributed by atoms with E-state index in [4.69, 9.17) is 16.3 Å². The van der Waals surface area contributed by atoms with Gasteiger partial charge in [0.05, 0.1) is 5.02 Å². The van der Waals surface area contributed by atoms with Gasteiger partial charge >= 0.3 is 6.01 Å². The van der Waals surface area contributed by atoms with Crippen LogP contribution in [0.15, 0.2) is 30.6 Å². The minimum Gasteiger partial charge on any atom is -0.423 e. The highest BCUT2D eigenvalue weighted by molar-refractivity contribution is 6.32. The molecule has 0 radical (unpaired) electrons. The van der Waals surface area contributed by atoms with Gasteiger partial charge in [-0.15, -0.1) is 0 Å². The van der Waals surface area contributed by atoms with Crippen LogP contribution in [0.3, 0.4) is 0 Å². The molecule has 112 valence electrons. The Morgan fingerprint density at radius 1 is 1.24 bits per heavy atom. The van der Waals surface area contributed by atoms with Crippen LogP contribution < -0.4 is 10.1 Å². The smallest absolute Gasteiger partial charge is 0.321 e. The van der Waals surface area contributed by atoms with Crippen molar-refractivity contribution in [1.82, 2.24) is 15.3 Å². The molecule has 0 saturated carbocycles. The first-order valence-electron chi connectivity index (χ1n) is 7.00. The fourth-order valence-corrected chi connectivity index (χ4v) is 2.05. The van der Waals surface area contributed by atoms with Crippen molar-refractivity contribution in [3.63, 3.8) is 0 Å². The molecule has 1 heterocycles. The summed E-state index contributed by atoms with van der Waals surface area (Å²) in [5.74, 6) is 1.19. The maximum absolute atomic E-state index is 6.12. The molecule has 2 aromatic rings. The van der Waals surface area contributed by atoms with Crippen LogP contribution in [-0.2, 0) is 6.54 Å². The summed E-state index contributed by atoms with van der Waals surface area (Å²) < 4.78 is 5.59. The Kier molecular flexibility index (Phi) is 5.53. The van der Waals surface area contributed by atoms with Gasteiger partial charge in [-0.1, -0.05) is 31.5 Å². The first-order chi connectivity index (χ1) is 10.0. The average molecular weight is 306 g/mol. The van der Waals surface area contributed by atoms with Crippen molar-refractivity contribution in [2.75, 3.05) is 6.54 Å². The van der Waals surface area contributed by atoms with Crippen molar-refractivity contribution in [1.29, 1.82) is 0 Å². The largest absolute Gasteiger partial charge is 0.423 e. The summed E-state index contributed by atoms with van der Waals surface area (Å²) >= 11 is 6.12. The number of hydrogen-bond donors (Lipinski definition) is 1. The molecule has 21 heavy (non-hydrogen) atoms. The Morgan fingerprint density at radius 3 is 2.57 bits per heavy atom. The zero-order chi connectivity index (χ0) is 15.2. The second-order valence-electron chi connectivity index (χ2n) is 5.43. The standard InChI is InChI=1S/C16H20ClN3O/c1-11(2)7-18-8-13-9-19-16(20-10-13)21-15-5-4-12(3)6-14(15)17/h4-6,9-11,18H,7-8H2,1-3H3. The first-order valence-corrected chi connectivity index (χ1v) is 7.38. The molecular weight excluding hydrogens is 286 g/mol. The van der Waals surface area contributed by atoms with Gasteiger partial charge in [-0.2, -0.15) is 0 Å². The van der Waals surface area contributed by atoms with Crippen LogP contribution in [0, 0.1) is 12.8 Å². The Morgan fingerprint density at radius 2 is 1.95 bits per heavy atom. The van der Waals surface area contributed by atoms with Crippen LogP contribution in [0.2, 0.25) is 5.02 Å². The molecule has 0 atom stereocenters. The first kappa shape index (κ1) is 15.7. The molecule has 5 heteroatoms. The second kappa shape index (κ2) is 7.38. The predicted octanol–water partition coefficient (Wildman–Crippen LogP) is 3.98. The highest BCUT2D eigenvalue weighted by Gasteiger charge is 2.05. The van der Waals surface area contributed by atoms with Crippen molar-refractivity contribution < 1.29 is 4.74 Å². The van der Waals surface area contributed by atoms with Gasteiger partial charge < -0.3 is 10.1 Å². The van der Waals surface area contributed by atoms with E-state index in [0.29, 0.717) is 22.7 Å². The number of nitrogens with zero attached hydrogens (tertiary/aromatic N) is 2. The summed E-state index contributed by atoms with van der Waals surface area (Å²) in [6.45, 7) is 8.05. The summed E-state index contributed by atoms with van der Waals surface area (Å²) in [6, 6.07) is 5.90. The van der Waals surface area contributed by atoms with Crippen LogP contribution >= 0.6 is 11.6 Å². The quantitative estimate of drug-likeness (QED) is 0.877. The van der Waals surface area contributed by atoms with Gasteiger partial charge in [0.2, 0.25) is 0 Å². The lowest BCUT2D eigenvalue weighted by Gasteiger charge is -2.08. The van der Waals surface area contributed by atoms with Crippen LogP contribution in [0.25, 0.3) is 0 Å². The van der Waals surface area contributed by atoms with E-state index >= 15 is 0 Å². The van der Waals surface area contributed by atoms with Gasteiger partial charge in [0.15, 0.2) is 0 Å². The van der Waals surface area contributed by atoms with Crippen LogP contribution in [0.1, 0.15) is 25.0 Å². The van der Waals surface area contributed by atoms with Gasteiger partial charge in [0.25, 0.3) is 0 Å². The van der Waals surface area contributed by atoms with E-state index in [1.807, 2.05) is 25.1 Å². The number of rotatable bonds is 6. The second-order valence-corrected chi connectivity index (χ2v) is 5.84.